The third kappa shape index (κ3) is 4.60. The third-order valence-corrected chi connectivity index (χ3v) is 2.73. The zero-order valence-electron chi connectivity index (χ0n) is 13.0. The molecule has 0 atom stereocenters. The fourth-order valence-corrected chi connectivity index (χ4v) is 1.75. The van der Waals surface area contributed by atoms with Crippen LogP contribution in [0.1, 0.15) is 36.3 Å². The van der Waals surface area contributed by atoms with Gasteiger partial charge >= 0.3 is 5.97 Å². The second-order valence-corrected chi connectivity index (χ2v) is 4.68. The van der Waals surface area contributed by atoms with E-state index in [-0.39, 0.29) is 5.97 Å². The van der Waals surface area contributed by atoms with Gasteiger partial charge in [-0.2, -0.15) is 0 Å². The van der Waals surface area contributed by atoms with Crippen molar-refractivity contribution in [3.63, 3.8) is 0 Å². The molecule has 4 nitrogen and oxygen atoms in total. The molecule has 112 valence electrons. The quantitative estimate of drug-likeness (QED) is 0.852. The van der Waals surface area contributed by atoms with Gasteiger partial charge in [0.1, 0.15) is 0 Å². The van der Waals surface area contributed by atoms with Crippen molar-refractivity contribution in [2.45, 2.75) is 27.2 Å². The molecule has 0 aliphatic carbocycles. The van der Waals surface area contributed by atoms with Crippen molar-refractivity contribution in [2.75, 3.05) is 12.8 Å². The number of aryl methyl sites for hydroxylation is 1. The molecule has 0 aliphatic heterocycles. The molecule has 0 spiro atoms. The van der Waals surface area contributed by atoms with Crippen LogP contribution in [0.2, 0.25) is 0 Å². The molecule has 0 fully saturated rings. The van der Waals surface area contributed by atoms with Crippen molar-refractivity contribution in [3.05, 3.63) is 47.8 Å². The summed E-state index contributed by atoms with van der Waals surface area (Å²) in [6.07, 6.45) is 2.88. The predicted octanol–water partition coefficient (Wildman–Crippen LogP) is 3.84. The minimum absolute atomic E-state index is 0.344. The summed E-state index contributed by atoms with van der Waals surface area (Å²) in [5.74, 6) is -0.344. The van der Waals surface area contributed by atoms with E-state index in [1.165, 1.54) is 13.5 Å². The van der Waals surface area contributed by atoms with E-state index >= 15 is 0 Å². The first-order chi connectivity index (χ1) is 10.0. The van der Waals surface area contributed by atoms with Gasteiger partial charge in [0.05, 0.1) is 24.6 Å². The molecule has 1 heterocycles. The number of esters is 1. The Labute approximate surface area is 126 Å². The van der Waals surface area contributed by atoms with E-state index in [2.05, 4.69) is 23.6 Å². The Balaban J connectivity index is 0.000000677. The molecule has 0 amide bonds. The molecule has 0 unspecified atom stereocenters. The molecule has 0 bridgehead atoms. The summed E-state index contributed by atoms with van der Waals surface area (Å²) < 4.78 is 4.65. The second-order valence-electron chi connectivity index (χ2n) is 4.68. The van der Waals surface area contributed by atoms with E-state index in [0.29, 0.717) is 11.3 Å². The van der Waals surface area contributed by atoms with Crippen molar-refractivity contribution in [1.29, 1.82) is 0 Å². The molecule has 2 N–H and O–H groups in total. The number of benzene rings is 1. The number of nitrogens with two attached hydrogens (primary N) is 1. The smallest absolute Gasteiger partial charge is 0.337 e. The highest BCUT2D eigenvalue weighted by molar-refractivity contribution is 5.90. The lowest BCUT2D eigenvalue weighted by molar-refractivity contribution is 0.0601. The van der Waals surface area contributed by atoms with Crippen LogP contribution in [0, 0.1) is 6.92 Å². The lowest BCUT2D eigenvalue weighted by atomic mass is 10.0. The molecule has 0 saturated heterocycles. The maximum Gasteiger partial charge on any atom is 0.337 e. The van der Waals surface area contributed by atoms with Gasteiger partial charge in [-0.1, -0.05) is 32.4 Å². The van der Waals surface area contributed by atoms with Gasteiger partial charge in [0.2, 0.25) is 0 Å². The average molecular weight is 286 g/mol. The molecular weight excluding hydrogens is 264 g/mol. The number of aromatic nitrogens is 1. The van der Waals surface area contributed by atoms with Crippen LogP contribution >= 0.6 is 0 Å². The number of hydrogen-bond donors (Lipinski definition) is 1. The van der Waals surface area contributed by atoms with Crippen molar-refractivity contribution in [3.8, 4) is 11.1 Å². The number of carbonyl (C=O) groups excluding carboxylic acids is 1. The zero-order chi connectivity index (χ0) is 15.8. The number of nitrogen functional groups attached to an aromatic ring is 1. The van der Waals surface area contributed by atoms with Crippen LogP contribution in [0.25, 0.3) is 11.1 Å². The minimum Gasteiger partial charge on any atom is -0.465 e. The normalized spacial score (nSPS) is 9.52. The maximum absolute atomic E-state index is 11.3. The van der Waals surface area contributed by atoms with Gasteiger partial charge in [-0.3, -0.25) is 4.98 Å². The van der Waals surface area contributed by atoms with Crippen LogP contribution in [0.15, 0.2) is 36.5 Å². The molecule has 2 aromatic rings. The number of ether oxygens (including phenoxy) is 1. The van der Waals surface area contributed by atoms with Gasteiger partial charge in [-0.05, 0) is 30.7 Å². The highest BCUT2D eigenvalue weighted by atomic mass is 16.5. The SMILES string of the molecule is CCC.COC(=O)c1ccc(-c2cc(N)cnc2C)cc1. The fraction of sp³-hybridized carbons (Fsp3) is 0.294. The summed E-state index contributed by atoms with van der Waals surface area (Å²) in [5, 5.41) is 0. The van der Waals surface area contributed by atoms with Crippen LogP contribution < -0.4 is 5.73 Å². The molecule has 4 heteroatoms. The molecule has 1 aromatic heterocycles. The zero-order valence-corrected chi connectivity index (χ0v) is 13.0. The van der Waals surface area contributed by atoms with Crippen molar-refractivity contribution >= 4 is 11.7 Å². The van der Waals surface area contributed by atoms with Gasteiger partial charge in [0.25, 0.3) is 0 Å². The van der Waals surface area contributed by atoms with E-state index < -0.39 is 0 Å². The predicted molar refractivity (Wildman–Crippen MR) is 86.1 cm³/mol. The number of carbonyl (C=O) groups is 1. The third-order valence-electron chi connectivity index (χ3n) is 2.73. The first-order valence-corrected chi connectivity index (χ1v) is 6.94. The minimum atomic E-state index is -0.344. The van der Waals surface area contributed by atoms with Gasteiger partial charge in [-0.25, -0.2) is 4.79 Å². The van der Waals surface area contributed by atoms with E-state index in [9.17, 15) is 4.79 Å². The lowest BCUT2D eigenvalue weighted by Gasteiger charge is -2.07. The van der Waals surface area contributed by atoms with Gasteiger partial charge in [0.15, 0.2) is 0 Å². The molecule has 0 radical (unpaired) electrons. The summed E-state index contributed by atoms with van der Waals surface area (Å²) in [6, 6.07) is 9.04. The number of nitrogens with zero attached hydrogens (tertiary/aromatic N) is 1. The first-order valence-electron chi connectivity index (χ1n) is 6.94. The number of hydrogen-bond acceptors (Lipinski definition) is 4. The highest BCUT2D eigenvalue weighted by Gasteiger charge is 2.07. The van der Waals surface area contributed by atoms with E-state index in [1.54, 1.807) is 18.3 Å². The Hall–Kier alpha value is -2.36. The molecule has 1 aromatic carbocycles. The lowest BCUT2D eigenvalue weighted by Crippen LogP contribution is -2.00. The average Bonchev–Trinajstić information content (AvgIpc) is 2.50. The van der Waals surface area contributed by atoms with Gasteiger partial charge < -0.3 is 10.5 Å². The van der Waals surface area contributed by atoms with Gasteiger partial charge in [0, 0.05) is 11.3 Å². The van der Waals surface area contributed by atoms with E-state index in [4.69, 9.17) is 5.73 Å². The van der Waals surface area contributed by atoms with Crippen LogP contribution in [0.4, 0.5) is 5.69 Å². The largest absolute Gasteiger partial charge is 0.465 e. The van der Waals surface area contributed by atoms with Crippen molar-refractivity contribution in [1.82, 2.24) is 4.98 Å². The maximum atomic E-state index is 11.3. The molecule has 0 aliphatic rings. The van der Waals surface area contributed by atoms with Crippen LogP contribution in [-0.2, 0) is 4.74 Å². The first kappa shape index (κ1) is 16.7. The molecular formula is C17H22N2O2. The van der Waals surface area contributed by atoms with E-state index in [0.717, 1.165) is 16.8 Å². The summed E-state index contributed by atoms with van der Waals surface area (Å²) in [7, 11) is 1.36. The Morgan fingerprint density at radius 1 is 1.24 bits per heavy atom. The number of pyridine rings is 1. The Morgan fingerprint density at radius 2 is 1.81 bits per heavy atom. The van der Waals surface area contributed by atoms with Crippen LogP contribution in [-0.4, -0.2) is 18.1 Å². The molecule has 21 heavy (non-hydrogen) atoms. The second kappa shape index (κ2) is 8.04. The van der Waals surface area contributed by atoms with Crippen LogP contribution in [0.5, 0.6) is 0 Å². The van der Waals surface area contributed by atoms with Crippen LogP contribution in [0.3, 0.4) is 0 Å². The number of anilines is 1. The Morgan fingerprint density at radius 3 is 2.33 bits per heavy atom. The Kier molecular flexibility index (Phi) is 6.40. The molecule has 0 saturated carbocycles. The summed E-state index contributed by atoms with van der Waals surface area (Å²) in [6.45, 7) is 6.17. The monoisotopic (exact) mass is 286 g/mol. The summed E-state index contributed by atoms with van der Waals surface area (Å²) >= 11 is 0. The fourth-order valence-electron chi connectivity index (χ4n) is 1.75. The topological polar surface area (TPSA) is 65.2 Å². The molecule has 2 rings (SSSR count). The summed E-state index contributed by atoms with van der Waals surface area (Å²) in [5.41, 5.74) is 9.70. The van der Waals surface area contributed by atoms with Crippen molar-refractivity contribution in [2.24, 2.45) is 0 Å². The summed E-state index contributed by atoms with van der Waals surface area (Å²) in [4.78, 5) is 15.5. The number of methoxy groups -OCH3 is 1. The van der Waals surface area contributed by atoms with Crippen molar-refractivity contribution < 1.29 is 9.53 Å². The van der Waals surface area contributed by atoms with E-state index in [1.807, 2.05) is 25.1 Å². The Bertz CT molecular complexity index is 592. The standard InChI is InChI=1S/C14H14N2O2.C3H8/c1-9-13(7-12(15)8-16-9)10-3-5-11(6-4-10)14(17)18-2;1-3-2/h3-8H,15H2,1-2H3;3H2,1-2H3. The highest BCUT2D eigenvalue weighted by Crippen LogP contribution is 2.24. The number of rotatable bonds is 2. The van der Waals surface area contributed by atoms with Gasteiger partial charge in [-0.15, -0.1) is 0 Å².